The van der Waals surface area contributed by atoms with Crippen molar-refractivity contribution in [1.82, 2.24) is 4.72 Å². The Kier molecular flexibility index (Phi) is 4.91. The summed E-state index contributed by atoms with van der Waals surface area (Å²) in [6, 6.07) is 12.3. The Morgan fingerprint density at radius 1 is 1.00 bits per heavy atom. The molecule has 1 aliphatic rings. The summed E-state index contributed by atoms with van der Waals surface area (Å²) in [6.07, 6.45) is 1.80. The molecule has 1 fully saturated rings. The van der Waals surface area contributed by atoms with Crippen LogP contribution in [-0.2, 0) is 14.8 Å². The first-order chi connectivity index (χ1) is 11.9. The number of benzene rings is 2. The summed E-state index contributed by atoms with van der Waals surface area (Å²) in [5.41, 5.74) is 0.752. The molecule has 0 unspecified atom stereocenters. The SMILES string of the molecule is O=C(NS(=O)(=O)c1ccccc1Br)c1ccc(NC(=O)C2CC2)cc1. The predicted molar refractivity (Wildman–Crippen MR) is 96.6 cm³/mol. The highest BCUT2D eigenvalue weighted by Crippen LogP contribution is 2.30. The van der Waals surface area contributed by atoms with Crippen LogP contribution in [-0.4, -0.2) is 20.2 Å². The summed E-state index contributed by atoms with van der Waals surface area (Å²) >= 11 is 3.16. The third kappa shape index (κ3) is 4.26. The predicted octanol–water partition coefficient (Wildman–Crippen LogP) is 2.92. The minimum absolute atomic E-state index is 0.0170. The molecule has 0 bridgehead atoms. The van der Waals surface area contributed by atoms with Crippen LogP contribution < -0.4 is 10.0 Å². The van der Waals surface area contributed by atoms with Gasteiger partial charge in [0.05, 0.1) is 0 Å². The van der Waals surface area contributed by atoms with E-state index in [0.717, 1.165) is 12.8 Å². The second-order valence-corrected chi connectivity index (χ2v) is 8.21. The Hall–Kier alpha value is -2.19. The van der Waals surface area contributed by atoms with Gasteiger partial charge in [0.15, 0.2) is 0 Å². The number of anilines is 1. The van der Waals surface area contributed by atoms with Gasteiger partial charge in [-0.15, -0.1) is 0 Å². The van der Waals surface area contributed by atoms with Crippen molar-refractivity contribution in [2.45, 2.75) is 17.7 Å². The highest BCUT2D eigenvalue weighted by atomic mass is 79.9. The van der Waals surface area contributed by atoms with E-state index in [4.69, 9.17) is 0 Å². The van der Waals surface area contributed by atoms with Gasteiger partial charge in [-0.05, 0) is 65.2 Å². The molecule has 0 aliphatic heterocycles. The fourth-order valence-corrected chi connectivity index (χ4v) is 4.17. The highest BCUT2D eigenvalue weighted by molar-refractivity contribution is 9.10. The molecule has 0 spiro atoms. The lowest BCUT2D eigenvalue weighted by Gasteiger charge is -2.09. The molecule has 3 rings (SSSR count). The van der Waals surface area contributed by atoms with Crippen molar-refractivity contribution in [3.05, 3.63) is 58.6 Å². The molecule has 8 heteroatoms. The molecule has 0 saturated heterocycles. The lowest BCUT2D eigenvalue weighted by Crippen LogP contribution is -2.30. The lowest BCUT2D eigenvalue weighted by molar-refractivity contribution is -0.117. The van der Waals surface area contributed by atoms with Crippen LogP contribution in [0.5, 0.6) is 0 Å². The van der Waals surface area contributed by atoms with E-state index in [-0.39, 0.29) is 22.3 Å². The van der Waals surface area contributed by atoms with Crippen molar-refractivity contribution in [2.75, 3.05) is 5.32 Å². The Morgan fingerprint density at radius 2 is 1.64 bits per heavy atom. The number of sulfonamides is 1. The van der Waals surface area contributed by atoms with Crippen molar-refractivity contribution in [3.8, 4) is 0 Å². The topological polar surface area (TPSA) is 92.3 Å². The maximum atomic E-state index is 12.3. The van der Waals surface area contributed by atoms with Crippen LogP contribution >= 0.6 is 15.9 Å². The second-order valence-electron chi connectivity index (χ2n) is 5.71. The highest BCUT2D eigenvalue weighted by Gasteiger charge is 2.29. The van der Waals surface area contributed by atoms with Crippen LogP contribution in [0.1, 0.15) is 23.2 Å². The van der Waals surface area contributed by atoms with Crippen LogP contribution in [0.3, 0.4) is 0 Å². The first-order valence-electron chi connectivity index (χ1n) is 7.59. The standard InChI is InChI=1S/C17H15BrN2O4S/c18-14-3-1-2-4-15(14)25(23,24)20-17(22)12-7-9-13(10-8-12)19-16(21)11-5-6-11/h1-4,7-11H,5-6H2,(H,19,21)(H,20,22). The van der Waals surface area contributed by atoms with Gasteiger partial charge in [0.25, 0.3) is 15.9 Å². The van der Waals surface area contributed by atoms with Crippen molar-refractivity contribution >= 4 is 43.5 Å². The maximum Gasteiger partial charge on any atom is 0.265 e. The Labute approximate surface area is 153 Å². The third-order valence-electron chi connectivity index (χ3n) is 3.72. The first-order valence-corrected chi connectivity index (χ1v) is 9.87. The van der Waals surface area contributed by atoms with Crippen LogP contribution in [0.15, 0.2) is 57.9 Å². The van der Waals surface area contributed by atoms with E-state index < -0.39 is 15.9 Å². The van der Waals surface area contributed by atoms with Gasteiger partial charge < -0.3 is 5.32 Å². The normalized spacial score (nSPS) is 14.0. The average Bonchev–Trinajstić information content (AvgIpc) is 3.40. The van der Waals surface area contributed by atoms with E-state index in [2.05, 4.69) is 21.2 Å². The van der Waals surface area contributed by atoms with Crippen LogP contribution in [0.25, 0.3) is 0 Å². The van der Waals surface area contributed by atoms with Crippen molar-refractivity contribution in [2.24, 2.45) is 5.92 Å². The number of carbonyl (C=O) groups is 2. The maximum absolute atomic E-state index is 12.3. The van der Waals surface area contributed by atoms with Gasteiger partial charge in [-0.1, -0.05) is 12.1 Å². The van der Waals surface area contributed by atoms with Gasteiger partial charge >= 0.3 is 0 Å². The van der Waals surface area contributed by atoms with E-state index in [9.17, 15) is 18.0 Å². The van der Waals surface area contributed by atoms with E-state index in [1.807, 2.05) is 4.72 Å². The van der Waals surface area contributed by atoms with E-state index >= 15 is 0 Å². The van der Waals surface area contributed by atoms with Gasteiger partial charge in [0.2, 0.25) is 5.91 Å². The molecule has 0 aromatic heterocycles. The smallest absolute Gasteiger partial charge is 0.265 e. The van der Waals surface area contributed by atoms with Crippen LogP contribution in [0.2, 0.25) is 0 Å². The van der Waals surface area contributed by atoms with Gasteiger partial charge in [-0.25, -0.2) is 13.1 Å². The fraction of sp³-hybridized carbons (Fsp3) is 0.176. The first kappa shape index (κ1) is 17.6. The number of hydrogen-bond acceptors (Lipinski definition) is 4. The number of halogens is 1. The second kappa shape index (κ2) is 6.97. The Morgan fingerprint density at radius 3 is 2.24 bits per heavy atom. The number of amides is 2. The molecule has 2 amide bonds. The summed E-state index contributed by atoms with van der Waals surface area (Å²) in [6.45, 7) is 0. The monoisotopic (exact) mass is 422 g/mol. The zero-order valence-corrected chi connectivity index (χ0v) is 15.4. The fourth-order valence-electron chi connectivity index (χ4n) is 2.19. The molecule has 6 nitrogen and oxygen atoms in total. The van der Waals surface area contributed by atoms with Crippen LogP contribution in [0.4, 0.5) is 5.69 Å². The summed E-state index contributed by atoms with van der Waals surface area (Å²) in [7, 11) is -3.99. The number of carbonyl (C=O) groups excluding carboxylic acids is 2. The largest absolute Gasteiger partial charge is 0.326 e. The van der Waals surface area contributed by atoms with Crippen molar-refractivity contribution < 1.29 is 18.0 Å². The molecular weight excluding hydrogens is 408 g/mol. The van der Waals surface area contributed by atoms with E-state index in [1.165, 1.54) is 18.2 Å². The Balaban J connectivity index is 1.70. The lowest BCUT2D eigenvalue weighted by atomic mass is 10.2. The number of nitrogens with one attached hydrogen (secondary N) is 2. The molecule has 2 N–H and O–H groups in total. The summed E-state index contributed by atoms with van der Waals surface area (Å²) < 4.78 is 27.0. The molecule has 2 aromatic carbocycles. The molecule has 0 radical (unpaired) electrons. The molecule has 0 heterocycles. The van der Waals surface area contributed by atoms with Gasteiger partial charge in [0, 0.05) is 21.6 Å². The van der Waals surface area contributed by atoms with Gasteiger partial charge in [0.1, 0.15) is 4.90 Å². The zero-order valence-electron chi connectivity index (χ0n) is 13.0. The minimum atomic E-state index is -3.99. The number of hydrogen-bond donors (Lipinski definition) is 2. The summed E-state index contributed by atoms with van der Waals surface area (Å²) in [5.74, 6) is -0.693. The van der Waals surface area contributed by atoms with Crippen molar-refractivity contribution in [3.63, 3.8) is 0 Å². The molecule has 1 saturated carbocycles. The van der Waals surface area contributed by atoms with Crippen molar-refractivity contribution in [1.29, 1.82) is 0 Å². The Bertz CT molecular complexity index is 922. The van der Waals surface area contributed by atoms with Gasteiger partial charge in [-0.3, -0.25) is 9.59 Å². The summed E-state index contributed by atoms with van der Waals surface area (Å²) in [5, 5.41) is 2.76. The summed E-state index contributed by atoms with van der Waals surface area (Å²) in [4.78, 5) is 23.9. The molecular formula is C17H15BrN2O4S. The zero-order chi connectivity index (χ0) is 18.0. The quantitative estimate of drug-likeness (QED) is 0.774. The van der Waals surface area contributed by atoms with E-state index in [1.54, 1.807) is 30.3 Å². The minimum Gasteiger partial charge on any atom is -0.326 e. The molecule has 2 aromatic rings. The van der Waals surface area contributed by atoms with E-state index in [0.29, 0.717) is 10.2 Å². The molecule has 25 heavy (non-hydrogen) atoms. The molecule has 130 valence electrons. The molecule has 0 atom stereocenters. The van der Waals surface area contributed by atoms with Crippen LogP contribution in [0, 0.1) is 5.92 Å². The average molecular weight is 423 g/mol. The third-order valence-corrected chi connectivity index (χ3v) is 6.06. The van der Waals surface area contributed by atoms with Gasteiger partial charge in [-0.2, -0.15) is 0 Å². The molecule has 1 aliphatic carbocycles. The number of rotatable bonds is 5.